The molecule has 1 heterocycles. The molecule has 1 aliphatic heterocycles. The third-order valence-electron chi connectivity index (χ3n) is 3.50. The lowest BCUT2D eigenvalue weighted by atomic mass is 9.74. The fourth-order valence-corrected chi connectivity index (χ4v) is 2.62. The highest BCUT2D eigenvalue weighted by Gasteiger charge is 2.46. The Morgan fingerprint density at radius 3 is 2.75 bits per heavy atom. The molecule has 1 fully saturated rings. The number of rotatable bonds is 2. The maximum atomic E-state index is 9.71. The van der Waals surface area contributed by atoms with Crippen molar-refractivity contribution in [3.8, 4) is 6.07 Å². The molecular weight excluding hydrogens is 200 g/mol. The minimum absolute atomic E-state index is 0.0274. The normalized spacial score (nSPS) is 30.2. The van der Waals surface area contributed by atoms with Gasteiger partial charge in [-0.15, -0.1) is 0 Å². The first kappa shape index (κ1) is 11.1. The summed E-state index contributed by atoms with van der Waals surface area (Å²) in [7, 11) is 1.99. The van der Waals surface area contributed by atoms with Crippen molar-refractivity contribution in [1.82, 2.24) is 4.90 Å². The second kappa shape index (κ2) is 4.25. The number of benzene rings is 1. The summed E-state index contributed by atoms with van der Waals surface area (Å²) in [5.41, 5.74) is 0.651. The molecule has 0 aliphatic carbocycles. The molecule has 0 amide bonds. The van der Waals surface area contributed by atoms with Gasteiger partial charge >= 0.3 is 0 Å². The van der Waals surface area contributed by atoms with Gasteiger partial charge in [0, 0.05) is 18.5 Å². The van der Waals surface area contributed by atoms with Gasteiger partial charge in [-0.25, -0.2) is 0 Å². The van der Waals surface area contributed by atoms with Gasteiger partial charge in [-0.2, -0.15) is 5.26 Å². The van der Waals surface area contributed by atoms with Gasteiger partial charge in [0.2, 0.25) is 0 Å². The minimum Gasteiger partial charge on any atom is -0.395 e. The number of aliphatic hydroxyl groups excluding tert-OH is 1. The van der Waals surface area contributed by atoms with Gasteiger partial charge in [0.05, 0.1) is 18.6 Å². The zero-order valence-corrected chi connectivity index (χ0v) is 9.43. The van der Waals surface area contributed by atoms with Gasteiger partial charge in [-0.3, -0.25) is 0 Å². The monoisotopic (exact) mass is 216 g/mol. The molecular formula is C13H16N2O. The smallest absolute Gasteiger partial charge is 0.0721 e. The van der Waals surface area contributed by atoms with Gasteiger partial charge in [0.25, 0.3) is 0 Å². The van der Waals surface area contributed by atoms with E-state index in [0.29, 0.717) is 0 Å². The number of nitriles is 1. The van der Waals surface area contributed by atoms with E-state index in [0.717, 1.165) is 18.7 Å². The lowest BCUT2D eigenvalue weighted by Gasteiger charge is -2.29. The van der Waals surface area contributed by atoms with Gasteiger partial charge in [-0.05, 0) is 12.6 Å². The van der Waals surface area contributed by atoms with Crippen LogP contribution in [0.5, 0.6) is 0 Å². The van der Waals surface area contributed by atoms with Crippen LogP contribution in [-0.4, -0.2) is 36.8 Å². The number of likely N-dealkylation sites (tertiary alicyclic amines) is 1. The van der Waals surface area contributed by atoms with Crippen LogP contribution in [-0.2, 0) is 5.41 Å². The molecule has 0 radical (unpaired) electrons. The summed E-state index contributed by atoms with van der Waals surface area (Å²) in [5, 5.41) is 18.9. The van der Waals surface area contributed by atoms with Crippen LogP contribution < -0.4 is 0 Å². The molecule has 1 saturated heterocycles. The van der Waals surface area contributed by atoms with Crippen LogP contribution in [0.25, 0.3) is 0 Å². The van der Waals surface area contributed by atoms with Crippen LogP contribution >= 0.6 is 0 Å². The molecule has 1 aliphatic rings. The van der Waals surface area contributed by atoms with Gasteiger partial charge in [0.15, 0.2) is 0 Å². The van der Waals surface area contributed by atoms with E-state index in [-0.39, 0.29) is 12.5 Å². The minimum atomic E-state index is -0.412. The Morgan fingerprint density at radius 1 is 1.50 bits per heavy atom. The van der Waals surface area contributed by atoms with Gasteiger partial charge < -0.3 is 10.0 Å². The second-order valence-electron chi connectivity index (χ2n) is 4.56. The summed E-state index contributed by atoms with van der Waals surface area (Å²) in [6.07, 6.45) is 0. The zero-order valence-electron chi connectivity index (χ0n) is 9.43. The summed E-state index contributed by atoms with van der Waals surface area (Å²) in [6.45, 7) is 1.50. The predicted octanol–water partition coefficient (Wildman–Crippen LogP) is 1.00. The molecule has 2 unspecified atom stereocenters. The number of hydrogen-bond acceptors (Lipinski definition) is 3. The maximum Gasteiger partial charge on any atom is 0.0721 e. The molecule has 0 aromatic heterocycles. The van der Waals surface area contributed by atoms with Crippen molar-refractivity contribution in [2.24, 2.45) is 5.92 Å². The van der Waals surface area contributed by atoms with Crippen molar-refractivity contribution < 1.29 is 5.11 Å². The maximum absolute atomic E-state index is 9.71. The standard InChI is InChI=1S/C13H16N2O/c1-15-8-12(7-14)13(9-15,10-16)11-5-3-2-4-6-11/h2-6,12,16H,8-10H2,1H3. The summed E-state index contributed by atoms with van der Waals surface area (Å²) >= 11 is 0. The van der Waals surface area contributed by atoms with E-state index in [4.69, 9.17) is 0 Å². The Hall–Kier alpha value is -1.37. The average molecular weight is 216 g/mol. The van der Waals surface area contributed by atoms with Crippen molar-refractivity contribution in [2.45, 2.75) is 5.41 Å². The van der Waals surface area contributed by atoms with Crippen LogP contribution in [0, 0.1) is 17.2 Å². The van der Waals surface area contributed by atoms with Crippen molar-refractivity contribution in [3.63, 3.8) is 0 Å². The molecule has 3 nitrogen and oxygen atoms in total. The Labute approximate surface area is 95.9 Å². The van der Waals surface area contributed by atoms with E-state index < -0.39 is 5.41 Å². The Kier molecular flexibility index (Phi) is 2.95. The Balaban J connectivity index is 2.44. The van der Waals surface area contributed by atoms with Gasteiger partial charge in [-0.1, -0.05) is 30.3 Å². The molecule has 1 aromatic rings. The van der Waals surface area contributed by atoms with E-state index in [2.05, 4.69) is 11.0 Å². The van der Waals surface area contributed by atoms with E-state index in [9.17, 15) is 10.4 Å². The number of aliphatic hydroxyl groups is 1. The molecule has 84 valence electrons. The molecule has 0 saturated carbocycles. The van der Waals surface area contributed by atoms with Crippen LogP contribution in [0.2, 0.25) is 0 Å². The summed E-state index contributed by atoms with van der Waals surface area (Å²) in [5.74, 6) is -0.134. The predicted molar refractivity (Wildman–Crippen MR) is 61.8 cm³/mol. The molecule has 0 spiro atoms. The third kappa shape index (κ3) is 1.60. The zero-order chi connectivity index (χ0) is 11.6. The molecule has 1 N–H and O–H groups in total. The molecule has 3 heteroatoms. The molecule has 0 bridgehead atoms. The van der Waals surface area contributed by atoms with Crippen molar-refractivity contribution >= 4 is 0 Å². The van der Waals surface area contributed by atoms with Crippen LogP contribution in [0.1, 0.15) is 5.56 Å². The summed E-state index contributed by atoms with van der Waals surface area (Å²) in [6, 6.07) is 12.2. The highest BCUT2D eigenvalue weighted by atomic mass is 16.3. The molecule has 2 rings (SSSR count). The third-order valence-corrected chi connectivity index (χ3v) is 3.50. The molecule has 16 heavy (non-hydrogen) atoms. The first-order chi connectivity index (χ1) is 7.73. The summed E-state index contributed by atoms with van der Waals surface area (Å²) in [4.78, 5) is 2.11. The average Bonchev–Trinajstić information content (AvgIpc) is 2.68. The number of likely N-dealkylation sites (N-methyl/N-ethyl adjacent to an activating group) is 1. The fraction of sp³-hybridized carbons (Fsp3) is 0.462. The van der Waals surface area contributed by atoms with Crippen LogP contribution in [0.15, 0.2) is 30.3 Å². The largest absolute Gasteiger partial charge is 0.395 e. The Bertz CT molecular complexity index is 398. The Morgan fingerprint density at radius 2 is 2.19 bits per heavy atom. The summed E-state index contributed by atoms with van der Waals surface area (Å²) < 4.78 is 0. The first-order valence-corrected chi connectivity index (χ1v) is 5.47. The van der Waals surface area contributed by atoms with Crippen molar-refractivity contribution in [1.29, 1.82) is 5.26 Å². The highest BCUT2D eigenvalue weighted by Crippen LogP contribution is 2.37. The SMILES string of the molecule is CN1CC(C#N)C(CO)(c2ccccc2)C1. The quantitative estimate of drug-likeness (QED) is 0.802. The number of hydrogen-bond donors (Lipinski definition) is 1. The first-order valence-electron chi connectivity index (χ1n) is 5.47. The fourth-order valence-electron chi connectivity index (χ4n) is 2.62. The highest BCUT2D eigenvalue weighted by molar-refractivity contribution is 5.31. The molecule has 2 atom stereocenters. The topological polar surface area (TPSA) is 47.3 Å². The van der Waals surface area contributed by atoms with E-state index in [1.54, 1.807) is 0 Å². The van der Waals surface area contributed by atoms with Crippen molar-refractivity contribution in [3.05, 3.63) is 35.9 Å². The lowest BCUT2D eigenvalue weighted by Crippen LogP contribution is -2.38. The van der Waals surface area contributed by atoms with Crippen LogP contribution in [0.4, 0.5) is 0 Å². The van der Waals surface area contributed by atoms with Gasteiger partial charge in [0.1, 0.15) is 0 Å². The lowest BCUT2D eigenvalue weighted by molar-refractivity contribution is 0.180. The molecule has 1 aromatic carbocycles. The van der Waals surface area contributed by atoms with E-state index in [1.807, 2.05) is 37.4 Å². The number of nitrogens with zero attached hydrogens (tertiary/aromatic N) is 2. The second-order valence-corrected chi connectivity index (χ2v) is 4.56. The van der Waals surface area contributed by atoms with E-state index in [1.165, 1.54) is 0 Å². The van der Waals surface area contributed by atoms with E-state index >= 15 is 0 Å². The van der Waals surface area contributed by atoms with Crippen LogP contribution in [0.3, 0.4) is 0 Å². The van der Waals surface area contributed by atoms with Crippen molar-refractivity contribution in [2.75, 3.05) is 26.7 Å².